The molecular formula is C18H17N5O2. The van der Waals surface area contributed by atoms with Crippen molar-refractivity contribution in [3.8, 4) is 0 Å². The van der Waals surface area contributed by atoms with Gasteiger partial charge >= 0.3 is 0 Å². The van der Waals surface area contributed by atoms with Gasteiger partial charge in [0.1, 0.15) is 0 Å². The molecule has 0 aliphatic carbocycles. The molecule has 7 nitrogen and oxygen atoms in total. The fourth-order valence-electron chi connectivity index (χ4n) is 2.36. The largest absolute Gasteiger partial charge is 0.366 e. The van der Waals surface area contributed by atoms with Crippen LogP contribution in [0.1, 0.15) is 32.0 Å². The molecule has 0 fully saturated rings. The molecule has 7 heteroatoms. The summed E-state index contributed by atoms with van der Waals surface area (Å²) in [5, 5.41) is 10.6. The quantitative estimate of drug-likeness (QED) is 0.710. The van der Waals surface area contributed by atoms with Crippen LogP contribution in [0.3, 0.4) is 0 Å². The Labute approximate surface area is 144 Å². The first-order chi connectivity index (χ1) is 12.1. The van der Waals surface area contributed by atoms with E-state index in [4.69, 9.17) is 5.73 Å². The predicted molar refractivity (Wildman–Crippen MR) is 91.7 cm³/mol. The summed E-state index contributed by atoms with van der Waals surface area (Å²) < 4.78 is 1.61. The van der Waals surface area contributed by atoms with Gasteiger partial charge in [-0.3, -0.25) is 9.59 Å². The summed E-state index contributed by atoms with van der Waals surface area (Å²) >= 11 is 0. The lowest BCUT2D eigenvalue weighted by Crippen LogP contribution is -2.23. The van der Waals surface area contributed by atoms with Crippen molar-refractivity contribution in [3.05, 3.63) is 83.2 Å². The molecule has 126 valence electrons. The van der Waals surface area contributed by atoms with E-state index in [2.05, 4.69) is 15.6 Å². The SMILES string of the molecule is NC(=O)c1cccc(CNC(=O)c2cn(Cc3ccccc3)nn2)c1. The van der Waals surface area contributed by atoms with Crippen molar-refractivity contribution in [2.45, 2.75) is 13.1 Å². The van der Waals surface area contributed by atoms with Gasteiger partial charge in [0, 0.05) is 12.1 Å². The van der Waals surface area contributed by atoms with E-state index in [9.17, 15) is 9.59 Å². The number of benzene rings is 2. The lowest BCUT2D eigenvalue weighted by molar-refractivity contribution is 0.0945. The summed E-state index contributed by atoms with van der Waals surface area (Å²) in [4.78, 5) is 23.4. The van der Waals surface area contributed by atoms with E-state index in [0.29, 0.717) is 12.1 Å². The van der Waals surface area contributed by atoms with Crippen LogP contribution in [0, 0.1) is 0 Å². The molecule has 1 aromatic heterocycles. The van der Waals surface area contributed by atoms with Crippen LogP contribution in [0.15, 0.2) is 60.8 Å². The van der Waals surface area contributed by atoms with Crippen LogP contribution in [0.4, 0.5) is 0 Å². The van der Waals surface area contributed by atoms with Crippen molar-refractivity contribution >= 4 is 11.8 Å². The number of hydrogen-bond acceptors (Lipinski definition) is 4. The van der Waals surface area contributed by atoms with Gasteiger partial charge in [-0.2, -0.15) is 0 Å². The maximum absolute atomic E-state index is 12.2. The number of primary amides is 1. The average molecular weight is 335 g/mol. The maximum atomic E-state index is 12.2. The Balaban J connectivity index is 1.60. The molecule has 1 heterocycles. The number of carbonyl (C=O) groups excluding carboxylic acids is 2. The normalized spacial score (nSPS) is 10.4. The van der Waals surface area contributed by atoms with Crippen molar-refractivity contribution < 1.29 is 9.59 Å². The fourth-order valence-corrected chi connectivity index (χ4v) is 2.36. The smallest absolute Gasteiger partial charge is 0.273 e. The van der Waals surface area contributed by atoms with Gasteiger partial charge in [-0.25, -0.2) is 4.68 Å². The first-order valence-electron chi connectivity index (χ1n) is 7.73. The third-order valence-corrected chi connectivity index (χ3v) is 3.62. The lowest BCUT2D eigenvalue weighted by Gasteiger charge is -2.04. The summed E-state index contributed by atoms with van der Waals surface area (Å²) in [6, 6.07) is 16.6. The van der Waals surface area contributed by atoms with Crippen LogP contribution in [-0.4, -0.2) is 26.8 Å². The van der Waals surface area contributed by atoms with E-state index in [0.717, 1.165) is 11.1 Å². The number of nitrogens with one attached hydrogen (secondary N) is 1. The van der Waals surface area contributed by atoms with Gasteiger partial charge in [-0.05, 0) is 23.3 Å². The van der Waals surface area contributed by atoms with Crippen LogP contribution < -0.4 is 11.1 Å². The van der Waals surface area contributed by atoms with E-state index < -0.39 is 5.91 Å². The third-order valence-electron chi connectivity index (χ3n) is 3.62. The molecule has 0 unspecified atom stereocenters. The van der Waals surface area contributed by atoms with Crippen molar-refractivity contribution in [2.24, 2.45) is 5.73 Å². The fraction of sp³-hybridized carbons (Fsp3) is 0.111. The molecule has 0 radical (unpaired) electrons. The summed E-state index contributed by atoms with van der Waals surface area (Å²) in [7, 11) is 0. The Kier molecular flexibility index (Phi) is 4.84. The highest BCUT2D eigenvalue weighted by Gasteiger charge is 2.11. The maximum Gasteiger partial charge on any atom is 0.273 e. The Bertz CT molecular complexity index is 889. The molecule has 0 bridgehead atoms. The Morgan fingerprint density at radius 1 is 1.04 bits per heavy atom. The monoisotopic (exact) mass is 335 g/mol. The molecule has 2 amide bonds. The summed E-state index contributed by atoms with van der Waals surface area (Å²) in [6.45, 7) is 0.813. The lowest BCUT2D eigenvalue weighted by atomic mass is 10.1. The molecule has 3 aromatic rings. The number of aromatic nitrogens is 3. The zero-order chi connectivity index (χ0) is 17.6. The highest BCUT2D eigenvalue weighted by molar-refractivity contribution is 5.93. The second-order valence-electron chi connectivity index (χ2n) is 5.53. The minimum Gasteiger partial charge on any atom is -0.366 e. The van der Waals surface area contributed by atoms with Crippen LogP contribution in [-0.2, 0) is 13.1 Å². The average Bonchev–Trinajstić information content (AvgIpc) is 3.09. The molecule has 2 aromatic carbocycles. The Morgan fingerprint density at radius 3 is 2.56 bits per heavy atom. The second-order valence-corrected chi connectivity index (χ2v) is 5.53. The van der Waals surface area contributed by atoms with E-state index in [1.807, 2.05) is 30.3 Å². The number of rotatable bonds is 6. The summed E-state index contributed by atoms with van der Waals surface area (Å²) in [5.41, 5.74) is 7.74. The Morgan fingerprint density at radius 2 is 1.80 bits per heavy atom. The van der Waals surface area contributed by atoms with Crippen molar-refractivity contribution in [3.63, 3.8) is 0 Å². The molecule has 0 spiro atoms. The van der Waals surface area contributed by atoms with Gasteiger partial charge < -0.3 is 11.1 Å². The number of nitrogens with zero attached hydrogens (tertiary/aromatic N) is 3. The van der Waals surface area contributed by atoms with Gasteiger partial charge in [0.05, 0.1) is 12.7 Å². The predicted octanol–water partition coefficient (Wildman–Crippen LogP) is 1.36. The minimum atomic E-state index is -0.503. The van der Waals surface area contributed by atoms with Gasteiger partial charge in [0.15, 0.2) is 5.69 Å². The molecule has 3 rings (SSSR count). The van der Waals surface area contributed by atoms with Crippen molar-refractivity contribution in [2.75, 3.05) is 0 Å². The zero-order valence-electron chi connectivity index (χ0n) is 13.4. The molecule has 25 heavy (non-hydrogen) atoms. The highest BCUT2D eigenvalue weighted by Crippen LogP contribution is 2.06. The molecule has 0 aliphatic heterocycles. The third kappa shape index (κ3) is 4.29. The van der Waals surface area contributed by atoms with Crippen LogP contribution in [0.5, 0.6) is 0 Å². The van der Waals surface area contributed by atoms with Crippen molar-refractivity contribution in [1.29, 1.82) is 0 Å². The summed E-state index contributed by atoms with van der Waals surface area (Å²) in [6.07, 6.45) is 1.60. The highest BCUT2D eigenvalue weighted by atomic mass is 16.2. The Hall–Kier alpha value is -3.48. The standard InChI is InChI=1S/C18H17N5O2/c19-17(24)15-8-4-7-14(9-15)10-20-18(25)16-12-23(22-21-16)11-13-5-2-1-3-6-13/h1-9,12H,10-11H2,(H2,19,24)(H,20,25). The molecule has 0 saturated carbocycles. The topological polar surface area (TPSA) is 103 Å². The first-order valence-corrected chi connectivity index (χ1v) is 7.73. The molecule has 3 N–H and O–H groups in total. The van der Waals surface area contributed by atoms with E-state index >= 15 is 0 Å². The zero-order valence-corrected chi connectivity index (χ0v) is 13.4. The van der Waals surface area contributed by atoms with Gasteiger partial charge in [0.25, 0.3) is 5.91 Å². The van der Waals surface area contributed by atoms with Gasteiger partial charge in [0.2, 0.25) is 5.91 Å². The van der Waals surface area contributed by atoms with E-state index in [1.165, 1.54) is 0 Å². The van der Waals surface area contributed by atoms with Gasteiger partial charge in [-0.1, -0.05) is 47.7 Å². The molecule has 0 atom stereocenters. The number of nitrogens with two attached hydrogens (primary N) is 1. The van der Waals surface area contributed by atoms with Crippen LogP contribution >= 0.6 is 0 Å². The second kappa shape index (κ2) is 7.39. The van der Waals surface area contributed by atoms with Gasteiger partial charge in [-0.15, -0.1) is 5.10 Å². The number of amides is 2. The van der Waals surface area contributed by atoms with E-state index in [-0.39, 0.29) is 18.1 Å². The molecule has 0 aliphatic rings. The minimum absolute atomic E-state index is 0.238. The first kappa shape index (κ1) is 16.4. The van der Waals surface area contributed by atoms with Crippen molar-refractivity contribution in [1.82, 2.24) is 20.3 Å². The van der Waals surface area contributed by atoms with Crippen LogP contribution in [0.25, 0.3) is 0 Å². The van der Waals surface area contributed by atoms with Crippen LogP contribution in [0.2, 0.25) is 0 Å². The van der Waals surface area contributed by atoms with E-state index in [1.54, 1.807) is 35.1 Å². The molecule has 0 saturated heterocycles. The number of carbonyl (C=O) groups is 2. The molecular weight excluding hydrogens is 318 g/mol. The number of hydrogen-bond donors (Lipinski definition) is 2. The summed E-state index contributed by atoms with van der Waals surface area (Å²) in [5.74, 6) is -0.833.